The largest absolute Gasteiger partial charge is 0.481 e. The lowest BCUT2D eigenvalue weighted by atomic mass is 9.84. The highest BCUT2D eigenvalue weighted by atomic mass is 16.4. The van der Waals surface area contributed by atoms with Crippen molar-refractivity contribution in [2.45, 2.75) is 51.0 Å². The molecule has 1 aliphatic rings. The Bertz CT molecular complexity index is 1560. The summed E-state index contributed by atoms with van der Waals surface area (Å²) in [5.74, 6) is -0.311. The van der Waals surface area contributed by atoms with Gasteiger partial charge in [-0.05, 0) is 71.5 Å². The maximum Gasteiger partial charge on any atom is 0.326 e. The van der Waals surface area contributed by atoms with E-state index >= 15 is 0 Å². The predicted molar refractivity (Wildman–Crippen MR) is 163 cm³/mol. The van der Waals surface area contributed by atoms with Crippen LogP contribution in [-0.2, 0) is 18.4 Å². The van der Waals surface area contributed by atoms with Gasteiger partial charge in [-0.15, -0.1) is 10.2 Å². The minimum absolute atomic E-state index is 0.0504. The van der Waals surface area contributed by atoms with Gasteiger partial charge in [0.05, 0.1) is 20.0 Å². The molecule has 1 aliphatic carbocycles. The zero-order valence-corrected chi connectivity index (χ0v) is 24.1. The molecule has 5 rings (SSSR count). The fourth-order valence-electron chi connectivity index (χ4n) is 5.30. The van der Waals surface area contributed by atoms with Crippen LogP contribution < -0.4 is 15.5 Å². The van der Waals surface area contributed by atoms with Crippen LogP contribution in [0.3, 0.4) is 0 Å². The normalized spacial score (nSPS) is 13.3. The smallest absolute Gasteiger partial charge is 0.326 e. The van der Waals surface area contributed by atoms with Crippen LogP contribution in [0.5, 0.6) is 0 Å². The minimum Gasteiger partial charge on any atom is -0.481 e. The van der Waals surface area contributed by atoms with E-state index in [4.69, 9.17) is 5.11 Å². The van der Waals surface area contributed by atoms with Gasteiger partial charge in [0, 0.05) is 29.0 Å². The molecule has 11 nitrogen and oxygen atoms in total. The van der Waals surface area contributed by atoms with Gasteiger partial charge in [-0.25, -0.2) is 4.79 Å². The standard InChI is InChI=1S/C32H35N7O4/c1-38-36-30(35-37-38)26-8-5-9-27(20-26)34-32(43)39(28-16-14-24(15-17-28)23-6-3-2-4-7-23)21-22-10-12-25(13-11-22)31(42)33-19-18-29(40)41/h5,8-17,20,23H,2-4,6-7,18-19,21H2,1H3,(H,33,42)(H,34,43)(H,40,41). The number of amides is 3. The highest BCUT2D eigenvalue weighted by molar-refractivity contribution is 6.02. The molecule has 1 saturated carbocycles. The second kappa shape index (κ2) is 13.7. The van der Waals surface area contributed by atoms with Crippen molar-refractivity contribution < 1.29 is 19.5 Å². The van der Waals surface area contributed by atoms with E-state index in [1.165, 1.54) is 42.5 Å². The molecule has 3 aromatic carbocycles. The van der Waals surface area contributed by atoms with Gasteiger partial charge < -0.3 is 15.7 Å². The average molecular weight is 582 g/mol. The van der Waals surface area contributed by atoms with Gasteiger partial charge in [-0.3, -0.25) is 14.5 Å². The van der Waals surface area contributed by atoms with Crippen molar-refractivity contribution in [2.75, 3.05) is 16.8 Å². The first kappa shape index (κ1) is 29.4. The molecule has 1 aromatic heterocycles. The summed E-state index contributed by atoms with van der Waals surface area (Å²) in [4.78, 5) is 39.9. The van der Waals surface area contributed by atoms with Crippen LogP contribution in [0.4, 0.5) is 16.2 Å². The summed E-state index contributed by atoms with van der Waals surface area (Å²) in [5, 5.41) is 26.6. The number of carboxylic acids is 1. The molecule has 0 aliphatic heterocycles. The molecule has 0 spiro atoms. The van der Waals surface area contributed by atoms with Crippen molar-refractivity contribution in [1.82, 2.24) is 25.5 Å². The Hall–Kier alpha value is -5.06. The van der Waals surface area contributed by atoms with E-state index in [9.17, 15) is 14.4 Å². The number of carbonyl (C=O) groups excluding carboxylic acids is 2. The zero-order valence-electron chi connectivity index (χ0n) is 24.1. The van der Waals surface area contributed by atoms with E-state index in [1.54, 1.807) is 48.3 Å². The summed E-state index contributed by atoms with van der Waals surface area (Å²) in [6, 6.07) is 22.1. The molecule has 11 heteroatoms. The number of urea groups is 1. The van der Waals surface area contributed by atoms with E-state index in [-0.39, 0.29) is 31.4 Å². The monoisotopic (exact) mass is 581 g/mol. The molecule has 43 heavy (non-hydrogen) atoms. The van der Waals surface area contributed by atoms with Crippen LogP contribution in [-0.4, -0.2) is 49.8 Å². The summed E-state index contributed by atoms with van der Waals surface area (Å²) < 4.78 is 0. The van der Waals surface area contributed by atoms with E-state index < -0.39 is 5.97 Å². The molecule has 1 heterocycles. The number of anilines is 2. The predicted octanol–water partition coefficient (Wildman–Crippen LogP) is 5.37. The van der Waals surface area contributed by atoms with Crippen molar-refractivity contribution in [1.29, 1.82) is 0 Å². The molecule has 3 amide bonds. The first-order chi connectivity index (χ1) is 20.9. The Morgan fingerprint density at radius 2 is 1.72 bits per heavy atom. The van der Waals surface area contributed by atoms with Crippen LogP contribution in [0.15, 0.2) is 72.8 Å². The first-order valence-corrected chi connectivity index (χ1v) is 14.5. The second-order valence-electron chi connectivity index (χ2n) is 10.7. The molecule has 0 saturated heterocycles. The fraction of sp³-hybridized carbons (Fsp3) is 0.312. The first-order valence-electron chi connectivity index (χ1n) is 14.5. The van der Waals surface area contributed by atoms with Crippen LogP contribution in [0.2, 0.25) is 0 Å². The summed E-state index contributed by atoms with van der Waals surface area (Å²) in [7, 11) is 1.69. The lowest BCUT2D eigenvalue weighted by Crippen LogP contribution is -2.34. The third kappa shape index (κ3) is 7.82. The Labute approximate surface area is 249 Å². The number of carbonyl (C=O) groups is 3. The summed E-state index contributed by atoms with van der Waals surface area (Å²) >= 11 is 0. The number of aromatic nitrogens is 4. The highest BCUT2D eigenvalue weighted by Crippen LogP contribution is 2.33. The zero-order chi connectivity index (χ0) is 30.2. The van der Waals surface area contributed by atoms with Crippen molar-refractivity contribution in [3.63, 3.8) is 0 Å². The van der Waals surface area contributed by atoms with Gasteiger partial charge in [0.25, 0.3) is 5.91 Å². The quantitative estimate of drug-likeness (QED) is 0.229. The summed E-state index contributed by atoms with van der Waals surface area (Å²) in [6.07, 6.45) is 6.02. The van der Waals surface area contributed by atoms with E-state index in [0.717, 1.165) is 16.8 Å². The summed E-state index contributed by atoms with van der Waals surface area (Å²) in [6.45, 7) is 0.315. The van der Waals surface area contributed by atoms with Crippen LogP contribution >= 0.6 is 0 Å². The van der Waals surface area contributed by atoms with Crippen LogP contribution in [0.1, 0.15) is 65.9 Å². The van der Waals surface area contributed by atoms with E-state index in [2.05, 4.69) is 38.2 Å². The molecule has 0 radical (unpaired) electrons. The highest BCUT2D eigenvalue weighted by Gasteiger charge is 2.20. The SMILES string of the molecule is Cn1nnc(-c2cccc(NC(=O)N(Cc3ccc(C(=O)NCCC(=O)O)cc3)c3ccc(C4CCCCC4)cc3)c2)n1. The third-order valence-electron chi connectivity index (χ3n) is 7.59. The molecule has 0 bridgehead atoms. The molecule has 4 aromatic rings. The van der Waals surface area contributed by atoms with Gasteiger partial charge in [0.15, 0.2) is 0 Å². The number of benzene rings is 3. The summed E-state index contributed by atoms with van der Waals surface area (Å²) in [5.41, 5.74) is 4.60. The Morgan fingerprint density at radius 1 is 0.977 bits per heavy atom. The molecule has 0 unspecified atom stereocenters. The topological polar surface area (TPSA) is 142 Å². The maximum absolute atomic E-state index is 13.8. The van der Waals surface area contributed by atoms with Gasteiger partial charge in [-0.2, -0.15) is 4.80 Å². The Kier molecular flexibility index (Phi) is 9.40. The van der Waals surface area contributed by atoms with Crippen molar-refractivity contribution in [3.05, 3.63) is 89.5 Å². The van der Waals surface area contributed by atoms with E-state index in [1.807, 2.05) is 24.3 Å². The van der Waals surface area contributed by atoms with Crippen molar-refractivity contribution in [2.24, 2.45) is 7.05 Å². The number of tetrazole rings is 1. The number of nitrogens with one attached hydrogen (secondary N) is 2. The van der Waals surface area contributed by atoms with E-state index in [0.29, 0.717) is 23.0 Å². The lowest BCUT2D eigenvalue weighted by Gasteiger charge is -2.26. The van der Waals surface area contributed by atoms with Crippen LogP contribution in [0, 0.1) is 0 Å². The fourth-order valence-corrected chi connectivity index (χ4v) is 5.30. The molecular weight excluding hydrogens is 546 g/mol. The number of aliphatic carboxylic acids is 1. The number of carboxylic acid groups (broad SMARTS) is 1. The van der Waals surface area contributed by atoms with Crippen molar-refractivity contribution in [3.8, 4) is 11.4 Å². The number of rotatable bonds is 10. The molecule has 1 fully saturated rings. The lowest BCUT2D eigenvalue weighted by molar-refractivity contribution is -0.136. The molecular formula is C32H35N7O4. The minimum atomic E-state index is -0.974. The third-order valence-corrected chi connectivity index (χ3v) is 7.59. The number of hydrogen-bond acceptors (Lipinski definition) is 6. The van der Waals surface area contributed by atoms with Crippen molar-refractivity contribution >= 4 is 29.3 Å². The van der Waals surface area contributed by atoms with Gasteiger partial charge >= 0.3 is 12.0 Å². The molecule has 3 N–H and O–H groups in total. The molecule has 222 valence electrons. The van der Waals surface area contributed by atoms with Gasteiger partial charge in [0.1, 0.15) is 0 Å². The maximum atomic E-state index is 13.8. The second-order valence-corrected chi connectivity index (χ2v) is 10.7. The number of aryl methyl sites for hydroxylation is 1. The molecule has 0 atom stereocenters. The number of hydrogen-bond donors (Lipinski definition) is 3. The van der Waals surface area contributed by atoms with Crippen LogP contribution in [0.25, 0.3) is 11.4 Å². The van der Waals surface area contributed by atoms with Gasteiger partial charge in [-0.1, -0.05) is 55.7 Å². The number of nitrogens with zero attached hydrogens (tertiary/aromatic N) is 5. The Balaban J connectivity index is 1.35. The van der Waals surface area contributed by atoms with Gasteiger partial charge in [0.2, 0.25) is 5.82 Å². The Morgan fingerprint density at radius 3 is 2.40 bits per heavy atom. The average Bonchev–Trinajstić information content (AvgIpc) is 3.47.